The number of nitrogens with zero attached hydrogens (tertiary/aromatic N) is 2. The molecule has 2 nitrogen and oxygen atoms in total. The highest BCUT2D eigenvalue weighted by Crippen LogP contribution is 2.38. The minimum absolute atomic E-state index is 0.654. The van der Waals surface area contributed by atoms with E-state index in [1.165, 1.54) is 93.5 Å². The van der Waals surface area contributed by atoms with Gasteiger partial charge in [0.15, 0.2) is 0 Å². The molecule has 1 aliphatic rings. The number of rotatable bonds is 7. The van der Waals surface area contributed by atoms with Crippen LogP contribution in [0.5, 0.6) is 0 Å². The Morgan fingerprint density at radius 2 is 1.10 bits per heavy atom. The first-order valence-corrected chi connectivity index (χ1v) is 22.6. The van der Waals surface area contributed by atoms with Gasteiger partial charge in [0.05, 0.1) is 21.9 Å². The molecule has 2 heterocycles. The molecule has 0 aliphatic heterocycles. The van der Waals surface area contributed by atoms with Gasteiger partial charge in [0.1, 0.15) is 0 Å². The fourth-order valence-electron chi connectivity index (χ4n) is 9.25. The highest BCUT2D eigenvalue weighted by molar-refractivity contribution is 6.10. The third-order valence-corrected chi connectivity index (χ3v) is 12.2. The first kappa shape index (κ1) is 42.5. The average Bonchev–Trinajstić information content (AvgIpc) is 3.85. The minimum Gasteiger partial charge on any atom is -0.313 e. The largest absolute Gasteiger partial charge is 0.313 e. The number of fused-ring (bicyclic) bond motifs is 4. The number of benzene rings is 7. The van der Waals surface area contributed by atoms with Crippen molar-refractivity contribution in [1.82, 2.24) is 9.13 Å². The van der Waals surface area contributed by atoms with Gasteiger partial charge in [-0.2, -0.15) is 0 Å². The Morgan fingerprint density at radius 1 is 0.524 bits per heavy atom. The Morgan fingerprint density at radius 3 is 1.67 bits per heavy atom. The normalized spacial score (nSPS) is 13.1. The van der Waals surface area contributed by atoms with Crippen LogP contribution in [0.4, 0.5) is 0 Å². The molecular weight excluding hydrogens is 761 g/mol. The van der Waals surface area contributed by atoms with Gasteiger partial charge < -0.3 is 9.13 Å². The number of aryl methyl sites for hydroxylation is 1. The first-order chi connectivity index (χ1) is 30.9. The highest BCUT2D eigenvalue weighted by Gasteiger charge is 2.18. The van der Waals surface area contributed by atoms with E-state index in [-0.39, 0.29) is 0 Å². The zero-order valence-corrected chi connectivity index (χ0v) is 37.6. The van der Waals surface area contributed by atoms with E-state index in [2.05, 4.69) is 238 Å². The summed E-state index contributed by atoms with van der Waals surface area (Å²) in [5, 5.41) is 6.26. The van der Waals surface area contributed by atoms with Gasteiger partial charge >= 0.3 is 0 Å². The molecule has 0 amide bonds. The SMILES string of the molecule is C=C/C=c1\c(=C/C)c2ccccc2n1C1=CC=C(c2ccc3c(c2)c2ccccc2n3-c2cc(-c3ccccc3)cc(-c3ccccc3)c2)CC1.CC.Cc1ccccc1C(C)C. The van der Waals surface area contributed by atoms with Gasteiger partial charge in [-0.1, -0.05) is 180 Å². The second kappa shape index (κ2) is 19.3. The molecule has 1 aliphatic carbocycles. The lowest BCUT2D eigenvalue weighted by Gasteiger charge is -2.18. The molecule has 10 rings (SSSR count). The Bertz CT molecular complexity index is 3180. The van der Waals surface area contributed by atoms with E-state index in [4.69, 9.17) is 0 Å². The molecule has 0 atom stereocenters. The van der Waals surface area contributed by atoms with Crippen molar-refractivity contribution >= 4 is 56.1 Å². The standard InChI is InChI=1S/C49H38N2.C10H14.C2H6/c1-3-15-46-42(4-2)43-20-11-13-22-47(43)50(46)40-27-24-36(25-28-40)37-26-29-49-45(33-37)44-21-12-14-23-48(44)51(49)41-31-38(34-16-7-5-8-17-34)30-39(32-41)35-18-9-6-10-19-35;1-8(2)10-7-5-4-6-9(10)3;1-2/h3-24,26-27,29-33H,1,25,28H2,2H3;4-8H,1-3H3;1-2H3/b42-4-,46-15+;;. The van der Waals surface area contributed by atoms with Crippen molar-refractivity contribution in [3.63, 3.8) is 0 Å². The van der Waals surface area contributed by atoms with E-state index in [0.29, 0.717) is 5.92 Å². The molecule has 0 bridgehead atoms. The smallest absolute Gasteiger partial charge is 0.0541 e. The van der Waals surface area contributed by atoms with Gasteiger partial charge in [0, 0.05) is 32.8 Å². The predicted molar refractivity (Wildman–Crippen MR) is 276 cm³/mol. The maximum atomic E-state index is 4.03. The third-order valence-electron chi connectivity index (χ3n) is 12.2. The fraction of sp³-hybridized carbons (Fsp3) is 0.148. The quantitative estimate of drug-likeness (QED) is 0.152. The Balaban J connectivity index is 0.000000398. The van der Waals surface area contributed by atoms with Crippen molar-refractivity contribution in [3.05, 3.63) is 222 Å². The fourth-order valence-corrected chi connectivity index (χ4v) is 9.25. The molecule has 312 valence electrons. The lowest BCUT2D eigenvalue weighted by Crippen LogP contribution is -2.28. The molecule has 0 spiro atoms. The summed E-state index contributed by atoms with van der Waals surface area (Å²) in [4.78, 5) is 0. The maximum absolute atomic E-state index is 4.03. The van der Waals surface area contributed by atoms with Gasteiger partial charge in [-0.3, -0.25) is 0 Å². The van der Waals surface area contributed by atoms with E-state index >= 15 is 0 Å². The molecule has 63 heavy (non-hydrogen) atoms. The van der Waals surface area contributed by atoms with Crippen molar-refractivity contribution in [2.45, 2.75) is 60.3 Å². The Kier molecular flexibility index (Phi) is 13.0. The van der Waals surface area contributed by atoms with Crippen LogP contribution in [0.15, 0.2) is 195 Å². The van der Waals surface area contributed by atoms with Gasteiger partial charge in [0.2, 0.25) is 0 Å². The van der Waals surface area contributed by atoms with Gasteiger partial charge in [-0.15, -0.1) is 0 Å². The summed E-state index contributed by atoms with van der Waals surface area (Å²) in [7, 11) is 0. The molecule has 2 aromatic heterocycles. The minimum atomic E-state index is 0.654. The summed E-state index contributed by atoms with van der Waals surface area (Å²) >= 11 is 0. The summed E-state index contributed by atoms with van der Waals surface area (Å²) in [6.07, 6.45) is 12.8. The van der Waals surface area contributed by atoms with Crippen LogP contribution in [0.25, 0.3) is 84.1 Å². The van der Waals surface area contributed by atoms with Crippen molar-refractivity contribution in [2.75, 3.05) is 0 Å². The van der Waals surface area contributed by atoms with Crippen LogP contribution >= 0.6 is 0 Å². The molecule has 0 radical (unpaired) electrons. The van der Waals surface area contributed by atoms with Crippen LogP contribution < -0.4 is 10.6 Å². The molecule has 9 aromatic rings. The monoisotopic (exact) mass is 818 g/mol. The summed E-state index contributed by atoms with van der Waals surface area (Å²) in [6.45, 7) is 16.8. The number of hydrogen-bond donors (Lipinski definition) is 0. The van der Waals surface area contributed by atoms with E-state index < -0.39 is 0 Å². The van der Waals surface area contributed by atoms with Crippen LogP contribution in [-0.2, 0) is 0 Å². The molecule has 0 saturated heterocycles. The van der Waals surface area contributed by atoms with E-state index in [9.17, 15) is 0 Å². The summed E-state index contributed by atoms with van der Waals surface area (Å²) in [5.74, 6) is 0.654. The van der Waals surface area contributed by atoms with Crippen molar-refractivity contribution in [2.24, 2.45) is 0 Å². The van der Waals surface area contributed by atoms with E-state index in [1.807, 2.05) is 19.9 Å². The lowest BCUT2D eigenvalue weighted by molar-refractivity contribution is 0.856. The molecule has 0 N–H and O–H groups in total. The summed E-state index contributed by atoms with van der Waals surface area (Å²) < 4.78 is 4.86. The second-order valence-corrected chi connectivity index (χ2v) is 16.3. The van der Waals surface area contributed by atoms with Crippen molar-refractivity contribution < 1.29 is 0 Å². The molecule has 0 unspecified atom stereocenters. The lowest BCUT2D eigenvalue weighted by atomic mass is 9.94. The van der Waals surface area contributed by atoms with Crippen LogP contribution in [0.3, 0.4) is 0 Å². The number of para-hydroxylation sites is 2. The zero-order chi connectivity index (χ0) is 43.9. The topological polar surface area (TPSA) is 9.86 Å². The average molecular weight is 819 g/mol. The molecular formula is C61H58N2. The van der Waals surface area contributed by atoms with E-state index in [1.54, 1.807) is 0 Å². The molecule has 0 saturated carbocycles. The molecule has 0 fully saturated rings. The van der Waals surface area contributed by atoms with Gasteiger partial charge in [0.25, 0.3) is 0 Å². The summed E-state index contributed by atoms with van der Waals surface area (Å²) in [5.41, 5.74) is 16.5. The Labute approximate surface area is 373 Å². The number of allylic oxidation sites excluding steroid dienone is 5. The highest BCUT2D eigenvalue weighted by atomic mass is 15.0. The van der Waals surface area contributed by atoms with Gasteiger partial charge in [-0.25, -0.2) is 0 Å². The number of hydrogen-bond acceptors (Lipinski definition) is 0. The second-order valence-electron chi connectivity index (χ2n) is 16.3. The number of aromatic nitrogens is 2. The van der Waals surface area contributed by atoms with Crippen LogP contribution in [0.2, 0.25) is 0 Å². The third kappa shape index (κ3) is 8.55. The predicted octanol–water partition coefficient (Wildman–Crippen LogP) is 15.7. The van der Waals surface area contributed by atoms with Crippen molar-refractivity contribution in [3.8, 4) is 27.9 Å². The van der Waals surface area contributed by atoms with Crippen LogP contribution in [0, 0.1) is 6.92 Å². The van der Waals surface area contributed by atoms with Gasteiger partial charge in [-0.05, 0) is 132 Å². The van der Waals surface area contributed by atoms with Crippen LogP contribution in [-0.4, -0.2) is 9.13 Å². The first-order valence-electron chi connectivity index (χ1n) is 22.6. The van der Waals surface area contributed by atoms with Crippen molar-refractivity contribution in [1.29, 1.82) is 0 Å². The van der Waals surface area contributed by atoms with E-state index in [0.717, 1.165) is 18.5 Å². The zero-order valence-electron chi connectivity index (χ0n) is 37.6. The maximum Gasteiger partial charge on any atom is 0.0541 e. The molecule has 2 heteroatoms. The Hall–Kier alpha value is -7.16. The summed E-state index contributed by atoms with van der Waals surface area (Å²) in [6, 6.07) is 61.5. The molecule has 7 aromatic carbocycles. The van der Waals surface area contributed by atoms with Crippen LogP contribution in [0.1, 0.15) is 70.1 Å².